The summed E-state index contributed by atoms with van der Waals surface area (Å²) in [5.41, 5.74) is 2.01. The van der Waals surface area contributed by atoms with E-state index in [9.17, 15) is 4.79 Å². The molecular weight excluding hydrogens is 256 g/mol. The van der Waals surface area contributed by atoms with Crippen LogP contribution in [0.2, 0.25) is 0 Å². The average Bonchev–Trinajstić information content (AvgIpc) is 3.11. The molecule has 19 heavy (non-hydrogen) atoms. The molecule has 0 aliphatic heterocycles. The predicted octanol–water partition coefficient (Wildman–Crippen LogP) is 3.94. The Labute approximate surface area is 116 Å². The second kappa shape index (κ2) is 5.53. The fourth-order valence-corrected chi connectivity index (χ4v) is 3.19. The quantitative estimate of drug-likeness (QED) is 0.919. The first-order valence-electron chi connectivity index (χ1n) is 6.65. The first-order valence-corrected chi connectivity index (χ1v) is 7.53. The molecule has 1 heterocycles. The molecule has 98 valence electrons. The highest BCUT2D eigenvalue weighted by Crippen LogP contribution is 2.28. The van der Waals surface area contributed by atoms with E-state index in [2.05, 4.69) is 10.3 Å². The summed E-state index contributed by atoms with van der Waals surface area (Å²) in [6.45, 7) is 0. The van der Waals surface area contributed by atoms with Crippen LogP contribution in [0.5, 0.6) is 0 Å². The predicted molar refractivity (Wildman–Crippen MR) is 78.1 cm³/mol. The van der Waals surface area contributed by atoms with Crippen molar-refractivity contribution in [3.8, 4) is 11.3 Å². The molecule has 1 N–H and O–H groups in total. The Kier molecular flexibility index (Phi) is 3.60. The van der Waals surface area contributed by atoms with Crippen molar-refractivity contribution >= 4 is 22.4 Å². The van der Waals surface area contributed by atoms with Crippen molar-refractivity contribution in [3.05, 3.63) is 35.7 Å². The van der Waals surface area contributed by atoms with Gasteiger partial charge in [-0.25, -0.2) is 4.98 Å². The third kappa shape index (κ3) is 2.84. The first kappa shape index (κ1) is 12.4. The van der Waals surface area contributed by atoms with Gasteiger partial charge in [-0.1, -0.05) is 43.2 Å². The van der Waals surface area contributed by atoms with Crippen LogP contribution in [0.3, 0.4) is 0 Å². The van der Waals surface area contributed by atoms with Gasteiger partial charge in [-0.3, -0.25) is 4.79 Å². The topological polar surface area (TPSA) is 42.0 Å². The molecule has 1 aliphatic carbocycles. The number of hydrogen-bond donors (Lipinski definition) is 1. The molecule has 3 nitrogen and oxygen atoms in total. The highest BCUT2D eigenvalue weighted by Gasteiger charge is 2.23. The lowest BCUT2D eigenvalue weighted by atomic mass is 10.1. The molecule has 0 unspecified atom stereocenters. The second-order valence-corrected chi connectivity index (χ2v) is 5.73. The Morgan fingerprint density at radius 3 is 2.68 bits per heavy atom. The number of hydrogen-bond acceptors (Lipinski definition) is 3. The third-order valence-corrected chi connectivity index (χ3v) is 4.29. The van der Waals surface area contributed by atoms with Gasteiger partial charge in [0.1, 0.15) is 0 Å². The van der Waals surface area contributed by atoms with Gasteiger partial charge in [-0.2, -0.15) is 0 Å². The van der Waals surface area contributed by atoms with Gasteiger partial charge in [0.2, 0.25) is 5.91 Å². The molecule has 0 bridgehead atoms. The van der Waals surface area contributed by atoms with Gasteiger partial charge < -0.3 is 5.32 Å². The molecule has 1 aromatic heterocycles. The molecule has 1 aromatic carbocycles. The number of anilines is 1. The summed E-state index contributed by atoms with van der Waals surface area (Å²) in [5, 5.41) is 5.63. The molecule has 2 aromatic rings. The van der Waals surface area contributed by atoms with Gasteiger partial charge in [-0.15, -0.1) is 11.3 Å². The Balaban J connectivity index is 1.70. The van der Waals surface area contributed by atoms with Gasteiger partial charge in [0, 0.05) is 16.9 Å². The molecule has 4 heteroatoms. The van der Waals surface area contributed by atoms with E-state index in [1.807, 2.05) is 35.7 Å². The number of amides is 1. The van der Waals surface area contributed by atoms with E-state index in [4.69, 9.17) is 0 Å². The monoisotopic (exact) mass is 272 g/mol. The standard InChI is InChI=1S/C15H16N2OS/c18-14(12-8-4-5-9-12)17-15-16-13(10-19-15)11-6-2-1-3-7-11/h1-3,6-7,10,12H,4-5,8-9H2,(H,16,17,18). The van der Waals surface area contributed by atoms with Crippen LogP contribution in [0.25, 0.3) is 11.3 Å². The largest absolute Gasteiger partial charge is 0.302 e. The fourth-order valence-electron chi connectivity index (χ4n) is 2.47. The number of thiazole rings is 1. The maximum absolute atomic E-state index is 12.0. The average molecular weight is 272 g/mol. The summed E-state index contributed by atoms with van der Waals surface area (Å²) in [4.78, 5) is 16.5. The molecule has 0 radical (unpaired) electrons. The zero-order valence-electron chi connectivity index (χ0n) is 10.6. The molecule has 3 rings (SSSR count). The van der Waals surface area contributed by atoms with E-state index in [0.717, 1.165) is 24.1 Å². The van der Waals surface area contributed by atoms with Gasteiger partial charge in [0.25, 0.3) is 0 Å². The van der Waals surface area contributed by atoms with Crippen molar-refractivity contribution in [1.82, 2.24) is 4.98 Å². The van der Waals surface area contributed by atoms with Crippen molar-refractivity contribution < 1.29 is 4.79 Å². The maximum atomic E-state index is 12.0. The number of carbonyl (C=O) groups excluding carboxylic acids is 1. The zero-order chi connectivity index (χ0) is 13.1. The summed E-state index contributed by atoms with van der Waals surface area (Å²) in [7, 11) is 0. The van der Waals surface area contributed by atoms with E-state index in [-0.39, 0.29) is 11.8 Å². The SMILES string of the molecule is O=C(Nc1nc(-c2ccccc2)cs1)C1CCCC1. The summed E-state index contributed by atoms with van der Waals surface area (Å²) in [6, 6.07) is 10.0. The molecular formula is C15H16N2OS. The minimum atomic E-state index is 0.131. The normalized spacial score (nSPS) is 15.6. The van der Waals surface area contributed by atoms with Crippen LogP contribution >= 0.6 is 11.3 Å². The highest BCUT2D eigenvalue weighted by molar-refractivity contribution is 7.14. The molecule has 1 aliphatic rings. The Morgan fingerprint density at radius 2 is 1.95 bits per heavy atom. The van der Waals surface area contributed by atoms with Gasteiger partial charge in [-0.05, 0) is 12.8 Å². The lowest BCUT2D eigenvalue weighted by molar-refractivity contribution is -0.119. The number of rotatable bonds is 3. The van der Waals surface area contributed by atoms with Crippen LogP contribution in [0.4, 0.5) is 5.13 Å². The van der Waals surface area contributed by atoms with Gasteiger partial charge >= 0.3 is 0 Å². The first-order chi connectivity index (χ1) is 9.33. The van der Waals surface area contributed by atoms with Crippen LogP contribution in [0.1, 0.15) is 25.7 Å². The minimum absolute atomic E-state index is 0.131. The smallest absolute Gasteiger partial charge is 0.229 e. The molecule has 1 saturated carbocycles. The van der Waals surface area contributed by atoms with Crippen molar-refractivity contribution in [3.63, 3.8) is 0 Å². The van der Waals surface area contributed by atoms with Crippen LogP contribution < -0.4 is 5.32 Å². The molecule has 0 atom stereocenters. The van der Waals surface area contributed by atoms with Crippen molar-refractivity contribution in [2.45, 2.75) is 25.7 Å². The van der Waals surface area contributed by atoms with Crippen LogP contribution in [-0.2, 0) is 4.79 Å². The van der Waals surface area contributed by atoms with Crippen molar-refractivity contribution in [2.75, 3.05) is 5.32 Å². The molecule has 1 fully saturated rings. The van der Waals surface area contributed by atoms with Crippen LogP contribution in [0, 0.1) is 5.92 Å². The molecule has 0 spiro atoms. The van der Waals surface area contributed by atoms with E-state index < -0.39 is 0 Å². The number of nitrogens with zero attached hydrogens (tertiary/aromatic N) is 1. The lowest BCUT2D eigenvalue weighted by Crippen LogP contribution is -2.20. The van der Waals surface area contributed by atoms with Crippen molar-refractivity contribution in [1.29, 1.82) is 0 Å². The Hall–Kier alpha value is -1.68. The lowest BCUT2D eigenvalue weighted by Gasteiger charge is -2.07. The number of aromatic nitrogens is 1. The third-order valence-electron chi connectivity index (χ3n) is 3.53. The maximum Gasteiger partial charge on any atom is 0.229 e. The van der Waals surface area contributed by atoms with E-state index >= 15 is 0 Å². The summed E-state index contributed by atoms with van der Waals surface area (Å²) in [6.07, 6.45) is 4.38. The summed E-state index contributed by atoms with van der Waals surface area (Å²) >= 11 is 1.49. The van der Waals surface area contributed by atoms with E-state index in [0.29, 0.717) is 5.13 Å². The fraction of sp³-hybridized carbons (Fsp3) is 0.333. The number of benzene rings is 1. The second-order valence-electron chi connectivity index (χ2n) is 4.87. The van der Waals surface area contributed by atoms with Gasteiger partial charge in [0.05, 0.1) is 5.69 Å². The van der Waals surface area contributed by atoms with E-state index in [1.54, 1.807) is 0 Å². The zero-order valence-corrected chi connectivity index (χ0v) is 11.5. The molecule has 0 saturated heterocycles. The number of nitrogens with one attached hydrogen (secondary N) is 1. The Morgan fingerprint density at radius 1 is 1.21 bits per heavy atom. The summed E-state index contributed by atoms with van der Waals surface area (Å²) < 4.78 is 0. The molecule has 1 amide bonds. The van der Waals surface area contributed by atoms with Crippen LogP contribution in [0.15, 0.2) is 35.7 Å². The highest BCUT2D eigenvalue weighted by atomic mass is 32.1. The van der Waals surface area contributed by atoms with Crippen LogP contribution in [-0.4, -0.2) is 10.9 Å². The number of carbonyl (C=O) groups is 1. The Bertz CT molecular complexity index is 559. The minimum Gasteiger partial charge on any atom is -0.302 e. The van der Waals surface area contributed by atoms with E-state index in [1.165, 1.54) is 24.2 Å². The van der Waals surface area contributed by atoms with Gasteiger partial charge in [0.15, 0.2) is 5.13 Å². The van der Waals surface area contributed by atoms with Crippen molar-refractivity contribution in [2.24, 2.45) is 5.92 Å². The summed E-state index contributed by atoms with van der Waals surface area (Å²) in [5.74, 6) is 0.315.